The van der Waals surface area contributed by atoms with E-state index in [1.165, 1.54) is 11.6 Å². The lowest BCUT2D eigenvalue weighted by Gasteiger charge is -2.44. The summed E-state index contributed by atoms with van der Waals surface area (Å²) in [5, 5.41) is 0.847. The van der Waals surface area contributed by atoms with Gasteiger partial charge in [0, 0.05) is 10.6 Å². The van der Waals surface area contributed by atoms with Crippen LogP contribution in [0.1, 0.15) is 45.2 Å². The Morgan fingerprint density at radius 3 is 2.00 bits per heavy atom. The van der Waals surface area contributed by atoms with Gasteiger partial charge < -0.3 is 4.43 Å². The van der Waals surface area contributed by atoms with E-state index in [0.717, 1.165) is 29.0 Å². The number of benzene rings is 3. The van der Waals surface area contributed by atoms with Crippen molar-refractivity contribution in [3.05, 3.63) is 94.8 Å². The Kier molecular flexibility index (Phi) is 7.33. The molecule has 0 aliphatic carbocycles. The molecule has 0 aliphatic heterocycles. The highest BCUT2D eigenvalue weighted by Gasteiger charge is 2.43. The molecule has 0 aromatic heterocycles. The standard InChI is InChI=1S/C28H34ClFOSi/c1-27(2,3)32(5,6)31-28(4,20-19-21-11-17-24(29)18-12-21)23-15-13-22(14-16-23)25-9-7-8-10-26(25)30/h7-18H,19-20H2,1-6H3/t28-/m1/s1. The summed E-state index contributed by atoms with van der Waals surface area (Å²) >= 11 is 6.07. The van der Waals surface area contributed by atoms with Crippen LogP contribution >= 0.6 is 11.6 Å². The SMILES string of the molecule is CC(C)(C)[Si](C)(C)O[C@](C)(CCc1ccc(Cl)cc1)c1ccc(-c2ccccc2F)cc1. The molecule has 0 unspecified atom stereocenters. The molecule has 0 saturated heterocycles. The summed E-state index contributed by atoms with van der Waals surface area (Å²) in [6.45, 7) is 13.6. The quantitative estimate of drug-likeness (QED) is 0.314. The predicted molar refractivity (Wildman–Crippen MR) is 137 cm³/mol. The predicted octanol–water partition coefficient (Wildman–Crippen LogP) is 9.02. The Hall–Kier alpha value is -1.94. The van der Waals surface area contributed by atoms with Crippen LogP contribution in [0.5, 0.6) is 0 Å². The van der Waals surface area contributed by atoms with E-state index < -0.39 is 13.9 Å². The van der Waals surface area contributed by atoms with Gasteiger partial charge in [0.05, 0.1) is 5.60 Å². The summed E-state index contributed by atoms with van der Waals surface area (Å²) in [4.78, 5) is 0. The fourth-order valence-electron chi connectivity index (χ4n) is 3.70. The molecule has 0 N–H and O–H groups in total. The maximum atomic E-state index is 14.3. The lowest BCUT2D eigenvalue weighted by atomic mass is 9.88. The summed E-state index contributed by atoms with van der Waals surface area (Å²) in [6, 6.07) is 23.1. The molecule has 0 bridgehead atoms. The fraction of sp³-hybridized carbons (Fsp3) is 0.357. The third kappa shape index (κ3) is 5.69. The second-order valence-electron chi connectivity index (χ2n) is 10.3. The van der Waals surface area contributed by atoms with E-state index >= 15 is 0 Å². The van der Waals surface area contributed by atoms with Gasteiger partial charge >= 0.3 is 0 Å². The zero-order valence-corrected chi connectivity index (χ0v) is 21.8. The second kappa shape index (κ2) is 9.50. The van der Waals surface area contributed by atoms with Gasteiger partial charge in [-0.05, 0) is 72.8 Å². The second-order valence-corrected chi connectivity index (χ2v) is 15.4. The molecular weight excluding hydrogens is 435 g/mol. The topological polar surface area (TPSA) is 9.23 Å². The number of aryl methyl sites for hydroxylation is 1. The van der Waals surface area contributed by atoms with Gasteiger partial charge in [-0.1, -0.05) is 87.0 Å². The van der Waals surface area contributed by atoms with E-state index in [9.17, 15) is 4.39 Å². The molecule has 32 heavy (non-hydrogen) atoms. The Labute approximate surface area is 198 Å². The van der Waals surface area contributed by atoms with E-state index in [1.54, 1.807) is 6.07 Å². The van der Waals surface area contributed by atoms with Crippen molar-refractivity contribution in [3.63, 3.8) is 0 Å². The number of rotatable bonds is 7. The molecule has 3 rings (SSSR count). The Morgan fingerprint density at radius 1 is 0.844 bits per heavy atom. The first kappa shape index (κ1) is 24.7. The number of hydrogen-bond acceptors (Lipinski definition) is 1. The van der Waals surface area contributed by atoms with Crippen LogP contribution < -0.4 is 0 Å². The van der Waals surface area contributed by atoms with Crippen LogP contribution in [0.15, 0.2) is 72.8 Å². The van der Waals surface area contributed by atoms with Crippen molar-refractivity contribution in [2.45, 2.75) is 64.3 Å². The molecule has 0 spiro atoms. The first-order valence-corrected chi connectivity index (χ1v) is 14.5. The molecule has 0 fully saturated rings. The molecule has 0 saturated carbocycles. The molecule has 0 radical (unpaired) electrons. The summed E-state index contributed by atoms with van der Waals surface area (Å²) in [7, 11) is -2.04. The highest BCUT2D eigenvalue weighted by molar-refractivity contribution is 6.74. The van der Waals surface area contributed by atoms with Crippen LogP contribution in [0.2, 0.25) is 23.2 Å². The van der Waals surface area contributed by atoms with Crippen molar-refractivity contribution in [2.75, 3.05) is 0 Å². The van der Waals surface area contributed by atoms with Crippen LogP contribution in [-0.2, 0) is 16.4 Å². The van der Waals surface area contributed by atoms with Gasteiger partial charge in [-0.15, -0.1) is 0 Å². The van der Waals surface area contributed by atoms with Gasteiger partial charge in [0.1, 0.15) is 5.82 Å². The molecule has 0 amide bonds. The van der Waals surface area contributed by atoms with Crippen molar-refractivity contribution in [1.82, 2.24) is 0 Å². The van der Waals surface area contributed by atoms with E-state index in [0.29, 0.717) is 5.56 Å². The molecule has 0 heterocycles. The zero-order valence-electron chi connectivity index (χ0n) is 20.0. The van der Waals surface area contributed by atoms with Crippen LogP contribution in [0.25, 0.3) is 11.1 Å². The molecule has 3 aromatic carbocycles. The molecular formula is C28H34ClFOSi. The summed E-state index contributed by atoms with van der Waals surface area (Å²) in [5.74, 6) is -0.205. The van der Waals surface area contributed by atoms with Crippen molar-refractivity contribution in [2.24, 2.45) is 0 Å². The molecule has 4 heteroatoms. The Bertz CT molecular complexity index is 1040. The average molecular weight is 469 g/mol. The normalized spacial score (nSPS) is 14.2. The van der Waals surface area contributed by atoms with Crippen LogP contribution in [0, 0.1) is 5.82 Å². The monoisotopic (exact) mass is 468 g/mol. The Morgan fingerprint density at radius 2 is 1.44 bits per heavy atom. The minimum absolute atomic E-state index is 0.0988. The van der Waals surface area contributed by atoms with Crippen LogP contribution in [-0.4, -0.2) is 8.32 Å². The summed E-state index contributed by atoms with van der Waals surface area (Å²) in [5.41, 5.74) is 3.40. The van der Waals surface area contributed by atoms with Gasteiger partial charge in [-0.3, -0.25) is 0 Å². The van der Waals surface area contributed by atoms with Crippen molar-refractivity contribution in [1.29, 1.82) is 0 Å². The molecule has 170 valence electrons. The fourth-order valence-corrected chi connectivity index (χ4v) is 5.48. The number of hydrogen-bond donors (Lipinski definition) is 0. The highest BCUT2D eigenvalue weighted by atomic mass is 35.5. The average Bonchev–Trinajstić information content (AvgIpc) is 2.73. The maximum absolute atomic E-state index is 14.3. The summed E-state index contributed by atoms with van der Waals surface area (Å²) in [6.07, 6.45) is 1.73. The van der Waals surface area contributed by atoms with E-state index in [4.69, 9.17) is 16.0 Å². The first-order valence-electron chi connectivity index (χ1n) is 11.2. The third-order valence-electron chi connectivity index (χ3n) is 6.77. The minimum Gasteiger partial charge on any atom is -0.408 e. The highest BCUT2D eigenvalue weighted by Crippen LogP contribution is 2.43. The van der Waals surface area contributed by atoms with Gasteiger partial charge in [-0.25, -0.2) is 4.39 Å². The number of halogens is 2. The van der Waals surface area contributed by atoms with Crippen molar-refractivity contribution in [3.8, 4) is 11.1 Å². The van der Waals surface area contributed by atoms with Gasteiger partial charge in [0.2, 0.25) is 0 Å². The lowest BCUT2D eigenvalue weighted by molar-refractivity contribution is 0.0605. The molecule has 0 aliphatic rings. The molecule has 1 nitrogen and oxygen atoms in total. The van der Waals surface area contributed by atoms with E-state index in [1.807, 2.05) is 36.4 Å². The van der Waals surface area contributed by atoms with Gasteiger partial charge in [0.25, 0.3) is 0 Å². The smallest absolute Gasteiger partial charge is 0.193 e. The van der Waals surface area contributed by atoms with E-state index in [-0.39, 0.29) is 10.9 Å². The third-order valence-corrected chi connectivity index (χ3v) is 11.6. The van der Waals surface area contributed by atoms with Crippen molar-refractivity contribution >= 4 is 19.9 Å². The first-order chi connectivity index (χ1) is 14.9. The zero-order chi connectivity index (χ0) is 23.6. The van der Waals surface area contributed by atoms with Crippen LogP contribution in [0.3, 0.4) is 0 Å². The largest absolute Gasteiger partial charge is 0.408 e. The van der Waals surface area contributed by atoms with Gasteiger partial charge in [0.15, 0.2) is 8.32 Å². The van der Waals surface area contributed by atoms with Gasteiger partial charge in [-0.2, -0.15) is 0 Å². The Balaban J connectivity index is 1.93. The lowest BCUT2D eigenvalue weighted by Crippen LogP contribution is -2.47. The van der Waals surface area contributed by atoms with E-state index in [2.05, 4.69) is 65.1 Å². The minimum atomic E-state index is -2.04. The molecule has 3 aromatic rings. The maximum Gasteiger partial charge on any atom is 0.193 e. The summed E-state index contributed by atoms with van der Waals surface area (Å²) < 4.78 is 21.3. The van der Waals surface area contributed by atoms with Crippen molar-refractivity contribution < 1.29 is 8.82 Å². The molecule has 1 atom stereocenters. The van der Waals surface area contributed by atoms with Crippen LogP contribution in [0.4, 0.5) is 4.39 Å².